The van der Waals surface area contributed by atoms with Crippen LogP contribution in [0.2, 0.25) is 0 Å². The molecule has 7 nitrogen and oxygen atoms in total. The zero-order chi connectivity index (χ0) is 15.5. The topological polar surface area (TPSA) is 68.1 Å². The second-order valence-corrected chi connectivity index (χ2v) is 5.64. The van der Waals surface area contributed by atoms with Crippen LogP contribution in [0.25, 0.3) is 0 Å². The molecule has 0 spiro atoms. The summed E-state index contributed by atoms with van der Waals surface area (Å²) in [5.41, 5.74) is 1.05. The Bertz CT molecular complexity index is 641. The van der Waals surface area contributed by atoms with Crippen molar-refractivity contribution in [3.63, 3.8) is 0 Å². The lowest BCUT2D eigenvalue weighted by atomic mass is 10.1. The van der Waals surface area contributed by atoms with Crippen LogP contribution in [0.1, 0.15) is 18.5 Å². The summed E-state index contributed by atoms with van der Waals surface area (Å²) in [6.07, 6.45) is 3.79. The van der Waals surface area contributed by atoms with E-state index in [9.17, 15) is 0 Å². The van der Waals surface area contributed by atoms with E-state index in [2.05, 4.69) is 31.3 Å². The molecule has 0 bridgehead atoms. The van der Waals surface area contributed by atoms with Crippen molar-refractivity contribution in [1.29, 1.82) is 0 Å². The molecule has 1 N–H and O–H groups in total. The molecule has 1 aliphatic rings. The number of aryl methyl sites for hydroxylation is 2. The van der Waals surface area contributed by atoms with Gasteiger partial charge in [-0.2, -0.15) is 5.10 Å². The average Bonchev–Trinajstić information content (AvgIpc) is 2.86. The van der Waals surface area contributed by atoms with Crippen LogP contribution in [0.4, 0.5) is 11.6 Å². The van der Waals surface area contributed by atoms with Gasteiger partial charge < -0.3 is 15.0 Å². The molecule has 2 aromatic heterocycles. The van der Waals surface area contributed by atoms with Crippen LogP contribution in [0.3, 0.4) is 0 Å². The Morgan fingerprint density at radius 1 is 1.32 bits per heavy atom. The quantitative estimate of drug-likeness (QED) is 0.925. The van der Waals surface area contributed by atoms with Crippen molar-refractivity contribution in [3.05, 3.63) is 24.2 Å². The fourth-order valence-electron chi connectivity index (χ4n) is 2.94. The second-order valence-electron chi connectivity index (χ2n) is 5.64. The van der Waals surface area contributed by atoms with Gasteiger partial charge in [0.15, 0.2) is 0 Å². The molecule has 3 heterocycles. The van der Waals surface area contributed by atoms with Gasteiger partial charge in [-0.3, -0.25) is 4.68 Å². The summed E-state index contributed by atoms with van der Waals surface area (Å²) in [5.74, 6) is 2.55. The van der Waals surface area contributed by atoms with Gasteiger partial charge in [0.05, 0.1) is 12.8 Å². The van der Waals surface area contributed by atoms with Gasteiger partial charge in [0.25, 0.3) is 0 Å². The number of rotatable bonds is 4. The van der Waals surface area contributed by atoms with E-state index in [0.717, 1.165) is 37.4 Å². The SMILES string of the molecule is COc1cc(NC2CCCN(c3cc(C)nn3C)C2)ncn1. The van der Waals surface area contributed by atoms with Crippen LogP contribution in [-0.2, 0) is 7.05 Å². The number of ether oxygens (including phenoxy) is 1. The minimum atomic E-state index is 0.351. The van der Waals surface area contributed by atoms with E-state index in [1.165, 1.54) is 12.1 Å². The van der Waals surface area contributed by atoms with Gasteiger partial charge in [0, 0.05) is 38.3 Å². The molecule has 1 fully saturated rings. The van der Waals surface area contributed by atoms with Crippen LogP contribution in [0, 0.1) is 6.92 Å². The molecule has 0 amide bonds. The van der Waals surface area contributed by atoms with Crippen LogP contribution in [-0.4, -0.2) is 46.0 Å². The Morgan fingerprint density at radius 2 is 2.18 bits per heavy atom. The number of hydrogen-bond acceptors (Lipinski definition) is 6. The fourth-order valence-corrected chi connectivity index (χ4v) is 2.94. The van der Waals surface area contributed by atoms with E-state index < -0.39 is 0 Å². The van der Waals surface area contributed by atoms with Gasteiger partial charge in [0.1, 0.15) is 18.0 Å². The maximum Gasteiger partial charge on any atom is 0.218 e. The standard InChI is InChI=1S/C15H22N6O/c1-11-7-15(20(2)19-11)21-6-4-5-12(9-21)18-13-8-14(22-3)17-10-16-13/h7-8,10,12H,4-6,9H2,1-3H3,(H,16,17,18). The third kappa shape index (κ3) is 3.13. The first-order valence-electron chi connectivity index (χ1n) is 7.54. The van der Waals surface area contributed by atoms with Gasteiger partial charge in [-0.1, -0.05) is 0 Å². The highest BCUT2D eigenvalue weighted by molar-refractivity contribution is 5.44. The lowest BCUT2D eigenvalue weighted by Crippen LogP contribution is -2.43. The van der Waals surface area contributed by atoms with Crippen molar-refractivity contribution in [2.24, 2.45) is 7.05 Å². The summed E-state index contributed by atoms with van der Waals surface area (Å²) in [6, 6.07) is 4.31. The summed E-state index contributed by atoms with van der Waals surface area (Å²) in [5, 5.41) is 7.91. The van der Waals surface area contributed by atoms with Crippen molar-refractivity contribution in [3.8, 4) is 5.88 Å². The first-order chi connectivity index (χ1) is 10.7. The summed E-state index contributed by atoms with van der Waals surface area (Å²) in [7, 11) is 3.61. The third-order valence-electron chi connectivity index (χ3n) is 3.93. The molecule has 7 heteroatoms. The van der Waals surface area contributed by atoms with E-state index in [-0.39, 0.29) is 0 Å². The van der Waals surface area contributed by atoms with Crippen molar-refractivity contribution < 1.29 is 4.74 Å². The predicted molar refractivity (Wildman–Crippen MR) is 85.4 cm³/mol. The zero-order valence-corrected chi connectivity index (χ0v) is 13.3. The Kier molecular flexibility index (Phi) is 4.13. The second kappa shape index (κ2) is 6.21. The van der Waals surface area contributed by atoms with Crippen LogP contribution in [0.15, 0.2) is 18.5 Å². The van der Waals surface area contributed by atoms with Crippen molar-refractivity contribution in [2.45, 2.75) is 25.8 Å². The highest BCUT2D eigenvalue weighted by atomic mass is 16.5. The maximum atomic E-state index is 5.14. The first-order valence-corrected chi connectivity index (χ1v) is 7.54. The Hall–Kier alpha value is -2.31. The first kappa shape index (κ1) is 14.6. The molecule has 22 heavy (non-hydrogen) atoms. The molecule has 1 saturated heterocycles. The van der Waals surface area contributed by atoms with Gasteiger partial charge in [-0.15, -0.1) is 0 Å². The van der Waals surface area contributed by atoms with Gasteiger partial charge >= 0.3 is 0 Å². The monoisotopic (exact) mass is 302 g/mol. The maximum absolute atomic E-state index is 5.14. The molecule has 0 saturated carbocycles. The van der Waals surface area contributed by atoms with Gasteiger partial charge in [-0.05, 0) is 19.8 Å². The lowest BCUT2D eigenvalue weighted by Gasteiger charge is -2.34. The number of methoxy groups -OCH3 is 1. The third-order valence-corrected chi connectivity index (χ3v) is 3.93. The number of hydrogen-bond donors (Lipinski definition) is 1. The molecule has 0 aromatic carbocycles. The molecule has 3 rings (SSSR count). The highest BCUT2D eigenvalue weighted by Crippen LogP contribution is 2.22. The van der Waals surface area contributed by atoms with E-state index in [1.54, 1.807) is 7.11 Å². The van der Waals surface area contributed by atoms with Crippen molar-refractivity contribution in [1.82, 2.24) is 19.7 Å². The molecular weight excluding hydrogens is 280 g/mol. The summed E-state index contributed by atoms with van der Waals surface area (Å²) < 4.78 is 7.09. The molecule has 0 aliphatic carbocycles. The Balaban J connectivity index is 1.69. The zero-order valence-electron chi connectivity index (χ0n) is 13.3. The Labute approximate surface area is 130 Å². The molecule has 2 aromatic rings. The smallest absolute Gasteiger partial charge is 0.218 e. The molecular formula is C15H22N6O. The molecule has 1 atom stereocenters. The number of piperidine rings is 1. The van der Waals surface area contributed by atoms with E-state index >= 15 is 0 Å². The van der Waals surface area contributed by atoms with Crippen molar-refractivity contribution in [2.75, 3.05) is 30.4 Å². The van der Waals surface area contributed by atoms with Crippen LogP contribution >= 0.6 is 0 Å². The van der Waals surface area contributed by atoms with Crippen molar-refractivity contribution >= 4 is 11.6 Å². The molecule has 118 valence electrons. The predicted octanol–water partition coefficient (Wildman–Crippen LogP) is 1.61. The molecule has 1 unspecified atom stereocenters. The van der Waals surface area contributed by atoms with Crippen LogP contribution in [0.5, 0.6) is 5.88 Å². The summed E-state index contributed by atoms with van der Waals surface area (Å²) >= 11 is 0. The van der Waals surface area contributed by atoms with Gasteiger partial charge in [-0.25, -0.2) is 9.97 Å². The fraction of sp³-hybridized carbons (Fsp3) is 0.533. The summed E-state index contributed by atoms with van der Waals surface area (Å²) in [6.45, 7) is 4.02. The minimum absolute atomic E-state index is 0.351. The molecule has 1 aliphatic heterocycles. The number of anilines is 2. The minimum Gasteiger partial charge on any atom is -0.481 e. The van der Waals surface area contributed by atoms with Gasteiger partial charge in [0.2, 0.25) is 5.88 Å². The summed E-state index contributed by atoms with van der Waals surface area (Å²) in [4.78, 5) is 10.7. The largest absolute Gasteiger partial charge is 0.481 e. The van der Waals surface area contributed by atoms with E-state index in [4.69, 9.17) is 4.74 Å². The van der Waals surface area contributed by atoms with Crippen LogP contribution < -0.4 is 15.0 Å². The Morgan fingerprint density at radius 3 is 2.91 bits per heavy atom. The molecule has 0 radical (unpaired) electrons. The number of nitrogens with one attached hydrogen (secondary N) is 1. The highest BCUT2D eigenvalue weighted by Gasteiger charge is 2.22. The lowest BCUT2D eigenvalue weighted by molar-refractivity contribution is 0.397. The average molecular weight is 302 g/mol. The van der Waals surface area contributed by atoms with E-state index in [1.807, 2.05) is 24.7 Å². The normalized spacial score (nSPS) is 18.3. The number of nitrogens with zero attached hydrogens (tertiary/aromatic N) is 5. The number of aromatic nitrogens is 4. The van der Waals surface area contributed by atoms with E-state index in [0.29, 0.717) is 11.9 Å².